The van der Waals surface area contributed by atoms with Crippen molar-refractivity contribution in [3.8, 4) is 0 Å². The normalized spacial score (nSPS) is 21.8. The Morgan fingerprint density at radius 3 is 1.92 bits per heavy atom. The van der Waals surface area contributed by atoms with E-state index in [9.17, 15) is 9.13 Å². The molecule has 0 radical (unpaired) electrons. The van der Waals surface area contributed by atoms with Gasteiger partial charge in [-0.15, -0.1) is 0 Å². The Balaban J connectivity index is 4.25. The molecule has 0 fully saturated rings. The maximum Gasteiger partial charge on any atom is 0.479 e. The first-order valence-electron chi connectivity index (χ1n) is 3.15. The van der Waals surface area contributed by atoms with Crippen molar-refractivity contribution < 1.29 is 27.8 Å². The summed E-state index contributed by atoms with van der Waals surface area (Å²) < 4.78 is 29.7. The molecule has 74 valence electrons. The molecule has 0 bridgehead atoms. The lowest BCUT2D eigenvalue weighted by Crippen LogP contribution is -2.01. The van der Waals surface area contributed by atoms with Crippen LogP contribution in [-0.2, 0) is 18.0 Å². The number of hydrogen-bond acceptors (Lipinski definition) is 4. The smallest absolute Gasteiger partial charge is 0.324 e. The van der Waals surface area contributed by atoms with E-state index in [-0.39, 0.29) is 0 Å². The van der Waals surface area contributed by atoms with Crippen LogP contribution in [0, 0.1) is 0 Å². The lowest BCUT2D eigenvalue weighted by Gasteiger charge is -2.15. The molecule has 0 aromatic heterocycles. The third-order valence-corrected chi connectivity index (χ3v) is 3.32. The van der Waals surface area contributed by atoms with Gasteiger partial charge in [-0.25, -0.2) is 8.88 Å². The van der Waals surface area contributed by atoms with Crippen LogP contribution < -0.4 is 0 Å². The lowest BCUT2D eigenvalue weighted by atomic mass is 10.5. The summed E-state index contributed by atoms with van der Waals surface area (Å²) in [5.74, 6) is 0. The summed E-state index contributed by atoms with van der Waals surface area (Å²) in [6.45, 7) is 3.81. The predicted molar refractivity (Wildman–Crippen MR) is 42.9 cm³/mol. The Morgan fingerprint density at radius 1 is 1.25 bits per heavy atom. The molecule has 0 aromatic carbocycles. The highest BCUT2D eigenvalue weighted by molar-refractivity contribution is 7.63. The van der Waals surface area contributed by atoms with Gasteiger partial charge in [0.15, 0.2) is 0 Å². The molecule has 0 rings (SSSR count). The lowest BCUT2D eigenvalue weighted by molar-refractivity contribution is 0.158. The van der Waals surface area contributed by atoms with Gasteiger partial charge in [0.2, 0.25) is 0 Å². The fourth-order valence-corrected chi connectivity index (χ4v) is 2.70. The second-order valence-corrected chi connectivity index (χ2v) is 5.91. The molecule has 2 unspecified atom stereocenters. The van der Waals surface area contributed by atoms with Crippen molar-refractivity contribution in [2.45, 2.75) is 20.0 Å². The molecule has 2 atom stereocenters. The third-order valence-electron chi connectivity index (χ3n) is 0.599. The van der Waals surface area contributed by atoms with E-state index in [0.717, 1.165) is 6.66 Å². The quantitative estimate of drug-likeness (QED) is 0.691. The average Bonchev–Trinajstić information content (AvgIpc) is 1.48. The van der Waals surface area contributed by atoms with Gasteiger partial charge in [0.05, 0.1) is 6.10 Å². The van der Waals surface area contributed by atoms with Gasteiger partial charge in [-0.2, -0.15) is 0 Å². The Labute approximate surface area is 70.7 Å². The van der Waals surface area contributed by atoms with Crippen LogP contribution in [0.1, 0.15) is 13.8 Å². The summed E-state index contributed by atoms with van der Waals surface area (Å²) >= 11 is 0. The molecule has 0 aromatic rings. The SMILES string of the molecule is CC(C)OP(=O)(O)OP(C)(=O)O. The van der Waals surface area contributed by atoms with E-state index >= 15 is 0 Å². The minimum Gasteiger partial charge on any atom is -0.324 e. The Kier molecular flexibility index (Phi) is 4.11. The highest BCUT2D eigenvalue weighted by Gasteiger charge is 2.30. The van der Waals surface area contributed by atoms with E-state index < -0.39 is 21.5 Å². The van der Waals surface area contributed by atoms with Crippen LogP contribution in [0.2, 0.25) is 0 Å². The van der Waals surface area contributed by atoms with Gasteiger partial charge < -0.3 is 9.79 Å². The molecule has 12 heavy (non-hydrogen) atoms. The average molecular weight is 218 g/mol. The fraction of sp³-hybridized carbons (Fsp3) is 1.00. The van der Waals surface area contributed by atoms with Crippen molar-refractivity contribution >= 4 is 15.4 Å². The topological polar surface area (TPSA) is 93.1 Å². The number of phosphoric acid groups is 1. The van der Waals surface area contributed by atoms with E-state index in [1.54, 1.807) is 0 Å². The summed E-state index contributed by atoms with van der Waals surface area (Å²) in [5.41, 5.74) is 0. The standard InChI is InChI=1S/C4H12O6P2/c1-4(2)9-12(7,8)10-11(3,5)6/h4H,1-3H3,(H,5,6)(H,7,8). The molecule has 0 spiro atoms. The van der Waals surface area contributed by atoms with Crippen LogP contribution in [0.15, 0.2) is 0 Å². The molecular weight excluding hydrogens is 206 g/mol. The largest absolute Gasteiger partial charge is 0.479 e. The van der Waals surface area contributed by atoms with Crippen LogP contribution in [0.4, 0.5) is 0 Å². The second-order valence-electron chi connectivity index (χ2n) is 2.51. The van der Waals surface area contributed by atoms with Crippen LogP contribution in [0.5, 0.6) is 0 Å². The number of rotatable bonds is 4. The van der Waals surface area contributed by atoms with Crippen molar-refractivity contribution in [1.29, 1.82) is 0 Å². The van der Waals surface area contributed by atoms with Gasteiger partial charge in [0.1, 0.15) is 0 Å². The van der Waals surface area contributed by atoms with Crippen LogP contribution in [0.3, 0.4) is 0 Å². The molecule has 0 saturated heterocycles. The zero-order chi connectivity index (χ0) is 9.99. The van der Waals surface area contributed by atoms with Crippen LogP contribution in [0.25, 0.3) is 0 Å². The summed E-state index contributed by atoms with van der Waals surface area (Å²) in [5, 5.41) is 0. The first kappa shape index (κ1) is 12.3. The Morgan fingerprint density at radius 2 is 1.67 bits per heavy atom. The second kappa shape index (κ2) is 4.01. The minimum atomic E-state index is -4.38. The molecule has 0 saturated carbocycles. The van der Waals surface area contributed by atoms with E-state index in [0.29, 0.717) is 0 Å². The molecule has 0 aliphatic heterocycles. The monoisotopic (exact) mass is 218 g/mol. The molecule has 8 heteroatoms. The van der Waals surface area contributed by atoms with Gasteiger partial charge in [-0.1, -0.05) is 0 Å². The molecule has 0 amide bonds. The van der Waals surface area contributed by atoms with E-state index in [2.05, 4.69) is 8.83 Å². The van der Waals surface area contributed by atoms with Gasteiger partial charge in [-0.05, 0) is 13.8 Å². The van der Waals surface area contributed by atoms with Crippen LogP contribution >= 0.6 is 15.4 Å². The van der Waals surface area contributed by atoms with Crippen molar-refractivity contribution in [1.82, 2.24) is 0 Å². The maximum absolute atomic E-state index is 10.8. The van der Waals surface area contributed by atoms with E-state index in [4.69, 9.17) is 9.79 Å². The van der Waals surface area contributed by atoms with Crippen molar-refractivity contribution in [2.75, 3.05) is 6.66 Å². The zero-order valence-corrected chi connectivity index (χ0v) is 8.79. The fourth-order valence-electron chi connectivity index (χ4n) is 0.477. The molecule has 2 N–H and O–H groups in total. The predicted octanol–water partition coefficient (Wildman–Crippen LogP) is 1.34. The van der Waals surface area contributed by atoms with Crippen molar-refractivity contribution in [2.24, 2.45) is 0 Å². The Bertz CT molecular complexity index is 230. The first-order chi connectivity index (χ1) is 5.12. The van der Waals surface area contributed by atoms with Crippen molar-refractivity contribution in [3.63, 3.8) is 0 Å². The van der Waals surface area contributed by atoms with Gasteiger partial charge in [0.25, 0.3) is 0 Å². The Hall–Kier alpha value is 0.300. The number of phosphoric ester groups is 1. The first-order valence-corrected chi connectivity index (χ1v) is 6.67. The summed E-state index contributed by atoms with van der Waals surface area (Å²) in [6, 6.07) is 0. The minimum absolute atomic E-state index is 0.549. The van der Waals surface area contributed by atoms with Gasteiger partial charge >= 0.3 is 15.4 Å². The molecule has 6 nitrogen and oxygen atoms in total. The number of hydrogen-bond donors (Lipinski definition) is 2. The molecule has 0 aliphatic rings. The highest BCUT2D eigenvalue weighted by Crippen LogP contribution is 2.58. The van der Waals surface area contributed by atoms with Crippen molar-refractivity contribution in [3.05, 3.63) is 0 Å². The van der Waals surface area contributed by atoms with E-state index in [1.165, 1.54) is 13.8 Å². The summed E-state index contributed by atoms with van der Waals surface area (Å²) in [6.07, 6.45) is -0.549. The molecule has 0 heterocycles. The van der Waals surface area contributed by atoms with E-state index in [1.807, 2.05) is 0 Å². The maximum atomic E-state index is 10.8. The third kappa shape index (κ3) is 6.98. The van der Waals surface area contributed by atoms with Gasteiger partial charge in [-0.3, -0.25) is 9.09 Å². The molecule has 0 aliphatic carbocycles. The van der Waals surface area contributed by atoms with Crippen LogP contribution in [-0.4, -0.2) is 22.6 Å². The highest BCUT2D eigenvalue weighted by atomic mass is 31.3. The van der Waals surface area contributed by atoms with Gasteiger partial charge in [0, 0.05) is 6.66 Å². The molecular formula is C4H12O6P2. The summed E-state index contributed by atoms with van der Waals surface area (Å²) in [4.78, 5) is 17.4. The zero-order valence-electron chi connectivity index (χ0n) is 7.00. The summed E-state index contributed by atoms with van der Waals surface area (Å²) in [7, 11) is -8.36.